The van der Waals surface area contributed by atoms with Crippen molar-refractivity contribution in [3.63, 3.8) is 0 Å². The molecule has 15 nitrogen and oxygen atoms in total. The third kappa shape index (κ3) is 6.51. The summed E-state index contributed by atoms with van der Waals surface area (Å²) in [7, 11) is -18.0. The molecule has 1 saturated heterocycles. The number of aliphatic hydroxyl groups is 1. The maximum Gasteiger partial charge on any atom is 0.278 e. The topological polar surface area (TPSA) is 249 Å². The summed E-state index contributed by atoms with van der Waals surface area (Å²) in [6, 6.07) is 0. The number of ether oxygens (including phenoxy) is 1. The maximum absolute atomic E-state index is 11.4. The Bertz CT molecular complexity index is 658. The van der Waals surface area contributed by atoms with Gasteiger partial charge in [0, 0.05) is 11.3 Å². The van der Waals surface area contributed by atoms with E-state index in [0.717, 1.165) is 0 Å². The molecular weight excluding hydrogens is 399 g/mol. The van der Waals surface area contributed by atoms with Crippen molar-refractivity contribution in [3.05, 3.63) is 10.4 Å². The number of nitrogens with zero attached hydrogens (tertiary/aromatic N) is 3. The Balaban J connectivity index is 2.83. The van der Waals surface area contributed by atoms with Gasteiger partial charge in [0.1, 0.15) is 0 Å². The summed E-state index contributed by atoms with van der Waals surface area (Å²) < 4.78 is 48.0. The van der Waals surface area contributed by atoms with Gasteiger partial charge in [-0.2, -0.15) is 0 Å². The van der Waals surface area contributed by atoms with Gasteiger partial charge >= 0.3 is 0 Å². The first-order chi connectivity index (χ1) is 10.7. The molecule has 1 N–H and O–H groups in total. The quantitative estimate of drug-likeness (QED) is 0.197. The van der Waals surface area contributed by atoms with E-state index >= 15 is 0 Å². The van der Waals surface area contributed by atoms with E-state index in [1.807, 2.05) is 0 Å². The minimum absolute atomic E-state index is 0.0505. The smallest absolute Gasteiger partial charge is 0.278 e. The van der Waals surface area contributed by atoms with E-state index in [1.54, 1.807) is 0 Å². The zero-order chi connectivity index (χ0) is 18.8. The van der Waals surface area contributed by atoms with Crippen molar-refractivity contribution in [3.8, 4) is 0 Å². The molecule has 0 radical (unpaired) electrons. The number of hydrogen-bond donors (Lipinski definition) is 1. The van der Waals surface area contributed by atoms with Crippen molar-refractivity contribution in [2.24, 2.45) is 5.11 Å². The molecule has 0 aromatic heterocycles. The number of phosphoric acid groups is 3. The molecule has 1 heterocycles. The molecule has 0 aromatic rings. The zero-order valence-electron chi connectivity index (χ0n) is 11.7. The SMILES string of the molecule is C[C@H]1C[C@@H](O)[C@](COP(=O)([O-])OP(=O)([O-])OP(=O)([O-])[O-])(N=[N+]=[N-])O1. The minimum Gasteiger partial charge on any atom is -0.790 e. The van der Waals surface area contributed by atoms with E-state index in [9.17, 15) is 38.4 Å². The molecule has 18 heteroatoms. The fourth-order valence-electron chi connectivity index (χ4n) is 1.75. The van der Waals surface area contributed by atoms with Crippen LogP contribution < -0.4 is 19.6 Å². The molecule has 0 amide bonds. The van der Waals surface area contributed by atoms with Crippen LogP contribution in [0.2, 0.25) is 0 Å². The van der Waals surface area contributed by atoms with Gasteiger partial charge in [-0.25, -0.2) is 4.31 Å². The molecule has 0 spiro atoms. The van der Waals surface area contributed by atoms with E-state index in [1.165, 1.54) is 6.92 Å². The van der Waals surface area contributed by atoms with Crippen LogP contribution >= 0.6 is 23.5 Å². The normalized spacial score (nSPS) is 32.6. The Labute approximate surface area is 134 Å². The van der Waals surface area contributed by atoms with Gasteiger partial charge in [0.25, 0.3) is 15.6 Å². The largest absolute Gasteiger partial charge is 0.790 e. The lowest BCUT2D eigenvalue weighted by molar-refractivity contribution is -0.339. The Morgan fingerprint density at radius 2 is 1.88 bits per heavy atom. The van der Waals surface area contributed by atoms with Gasteiger partial charge in [0.2, 0.25) is 0 Å². The Morgan fingerprint density at radius 3 is 2.29 bits per heavy atom. The number of azide groups is 1. The van der Waals surface area contributed by atoms with E-state index in [0.29, 0.717) is 0 Å². The van der Waals surface area contributed by atoms with E-state index < -0.39 is 48.0 Å². The molecule has 0 saturated carbocycles. The molecule has 1 aliphatic heterocycles. The predicted octanol–water partition coefficient (Wildman–Crippen LogP) is -2.02. The molecular formula is C6H10N3O12P3-4. The van der Waals surface area contributed by atoms with Crippen LogP contribution in [-0.4, -0.2) is 29.6 Å². The summed E-state index contributed by atoms with van der Waals surface area (Å²) in [5.41, 5.74) is 6.27. The third-order valence-electron chi connectivity index (χ3n) is 2.52. The minimum atomic E-state index is -6.11. The first-order valence-electron chi connectivity index (χ1n) is 5.84. The fourth-order valence-corrected chi connectivity index (χ4v) is 4.63. The van der Waals surface area contributed by atoms with Gasteiger partial charge < -0.3 is 38.5 Å². The lowest BCUT2D eigenvalue weighted by atomic mass is 10.1. The van der Waals surface area contributed by atoms with Crippen LogP contribution in [0.3, 0.4) is 0 Å². The van der Waals surface area contributed by atoms with Crippen LogP contribution in [0.5, 0.6) is 0 Å². The van der Waals surface area contributed by atoms with Crippen LogP contribution in [-0.2, 0) is 31.6 Å². The van der Waals surface area contributed by atoms with Crippen LogP contribution in [0.15, 0.2) is 5.11 Å². The lowest BCUT2D eigenvalue weighted by Crippen LogP contribution is -2.42. The first-order valence-corrected chi connectivity index (χ1v) is 10.2. The van der Waals surface area contributed by atoms with E-state index in [2.05, 4.69) is 23.2 Å². The zero-order valence-corrected chi connectivity index (χ0v) is 14.4. The van der Waals surface area contributed by atoms with Gasteiger partial charge in [-0.15, -0.1) is 0 Å². The number of phosphoric ester groups is 1. The van der Waals surface area contributed by atoms with Crippen LogP contribution in [0.4, 0.5) is 0 Å². The Hall–Kier alpha value is -0.360. The number of rotatable bonds is 8. The Morgan fingerprint density at radius 1 is 1.29 bits per heavy atom. The second kappa shape index (κ2) is 7.48. The van der Waals surface area contributed by atoms with E-state index in [4.69, 9.17) is 10.3 Å². The number of hydrogen-bond acceptors (Lipinski definition) is 13. The average Bonchev–Trinajstić information content (AvgIpc) is 2.58. The molecule has 1 rings (SSSR count). The molecule has 1 aliphatic rings. The summed E-state index contributed by atoms with van der Waals surface area (Å²) in [5, 5.41) is 12.9. The van der Waals surface area contributed by atoms with Gasteiger partial charge in [0.15, 0.2) is 5.72 Å². The summed E-state index contributed by atoms with van der Waals surface area (Å²) in [5.74, 6) is 0. The van der Waals surface area contributed by atoms with Crippen molar-refractivity contribution in [1.29, 1.82) is 0 Å². The lowest BCUT2D eigenvalue weighted by Gasteiger charge is -2.38. The second-order valence-electron chi connectivity index (χ2n) is 4.49. The molecule has 1 fully saturated rings. The fraction of sp³-hybridized carbons (Fsp3) is 1.00. The Kier molecular flexibility index (Phi) is 6.76. The predicted molar refractivity (Wildman–Crippen MR) is 64.0 cm³/mol. The van der Waals surface area contributed by atoms with Crippen LogP contribution in [0.25, 0.3) is 10.4 Å². The highest BCUT2D eigenvalue weighted by Crippen LogP contribution is 2.60. The molecule has 0 aliphatic carbocycles. The molecule has 140 valence electrons. The highest BCUT2D eigenvalue weighted by Gasteiger charge is 2.47. The van der Waals surface area contributed by atoms with Gasteiger partial charge in [-0.3, -0.25) is 13.4 Å². The second-order valence-corrected chi connectivity index (χ2v) is 8.74. The molecule has 0 bridgehead atoms. The molecule has 2 unspecified atom stereocenters. The van der Waals surface area contributed by atoms with Crippen molar-refractivity contribution in [1.82, 2.24) is 0 Å². The maximum atomic E-state index is 11.4. The average molecular weight is 409 g/mol. The molecule has 24 heavy (non-hydrogen) atoms. The molecule has 5 atom stereocenters. The summed E-state index contributed by atoms with van der Waals surface area (Å²) in [6.07, 6.45) is -2.19. The van der Waals surface area contributed by atoms with Gasteiger partial charge in [0.05, 0.1) is 26.6 Å². The van der Waals surface area contributed by atoms with Crippen LogP contribution in [0, 0.1) is 0 Å². The number of aliphatic hydroxyl groups excluding tert-OH is 1. The highest BCUT2D eigenvalue weighted by molar-refractivity contribution is 7.64. The highest BCUT2D eigenvalue weighted by atomic mass is 31.3. The van der Waals surface area contributed by atoms with Crippen LogP contribution in [0.1, 0.15) is 13.3 Å². The van der Waals surface area contributed by atoms with Gasteiger partial charge in [-0.05, 0) is 12.5 Å². The van der Waals surface area contributed by atoms with Crippen molar-refractivity contribution >= 4 is 23.5 Å². The summed E-state index contributed by atoms with van der Waals surface area (Å²) >= 11 is 0. The van der Waals surface area contributed by atoms with Crippen molar-refractivity contribution in [2.45, 2.75) is 31.3 Å². The summed E-state index contributed by atoms with van der Waals surface area (Å²) in [4.78, 5) is 45.1. The van der Waals surface area contributed by atoms with E-state index in [-0.39, 0.29) is 6.42 Å². The summed E-state index contributed by atoms with van der Waals surface area (Å²) in [6.45, 7) is 0.278. The molecule has 0 aromatic carbocycles. The standard InChI is InChI=1S/C6H14N3O12P3/c1-4-2-5(10)6(19-4,8-9-7)3-18-23(14,15)21-24(16,17)20-22(11,12)13/h4-5,10H,2-3H2,1H3,(H,14,15)(H,16,17)(H2,11,12,13)/p-4/t4-,5+,6+/m0/s1. The van der Waals surface area contributed by atoms with Crippen molar-refractivity contribution < 1.29 is 56.3 Å². The first kappa shape index (κ1) is 21.7. The third-order valence-corrected chi connectivity index (χ3v) is 6.17. The van der Waals surface area contributed by atoms with Crippen molar-refractivity contribution in [2.75, 3.05) is 6.61 Å². The van der Waals surface area contributed by atoms with Gasteiger partial charge in [-0.1, -0.05) is 5.11 Å². The monoisotopic (exact) mass is 409 g/mol.